The first-order chi connectivity index (χ1) is 11.9. The van der Waals surface area contributed by atoms with E-state index in [1.807, 2.05) is 0 Å². The van der Waals surface area contributed by atoms with Crippen LogP contribution in [-0.2, 0) is 4.74 Å². The Kier molecular flexibility index (Phi) is 6.11. The summed E-state index contributed by atoms with van der Waals surface area (Å²) in [6.45, 7) is 0. The van der Waals surface area contributed by atoms with Gasteiger partial charge in [0, 0.05) is 17.0 Å². The Labute approximate surface area is 152 Å². The van der Waals surface area contributed by atoms with Gasteiger partial charge in [0.15, 0.2) is 5.78 Å². The highest BCUT2D eigenvalue weighted by molar-refractivity contribution is 9.10. The highest BCUT2D eigenvalue weighted by Crippen LogP contribution is 2.29. The second-order valence-corrected chi connectivity index (χ2v) is 5.94. The van der Waals surface area contributed by atoms with Gasteiger partial charge in [0.05, 0.1) is 31.0 Å². The molecule has 1 unspecified atom stereocenters. The third-order valence-electron chi connectivity index (χ3n) is 3.47. The first-order valence-corrected chi connectivity index (χ1v) is 7.99. The third kappa shape index (κ3) is 4.34. The van der Waals surface area contributed by atoms with Gasteiger partial charge in [-0.25, -0.2) is 9.78 Å². The molecule has 0 bridgehead atoms. The highest BCUT2D eigenvalue weighted by atomic mass is 79.9. The predicted molar refractivity (Wildman–Crippen MR) is 91.8 cm³/mol. The molecule has 7 nitrogen and oxygen atoms in total. The summed E-state index contributed by atoms with van der Waals surface area (Å²) in [7, 11) is 2.66. The van der Waals surface area contributed by atoms with Gasteiger partial charge >= 0.3 is 5.97 Å². The number of aromatic nitrogens is 1. The molecule has 2 N–H and O–H groups in total. The molecule has 1 aromatic carbocycles. The maximum Gasteiger partial charge on any atom is 0.337 e. The summed E-state index contributed by atoms with van der Waals surface area (Å²) in [5, 5.41) is 20.3. The Morgan fingerprint density at radius 3 is 2.56 bits per heavy atom. The highest BCUT2D eigenvalue weighted by Gasteiger charge is 2.21. The Hall–Kier alpha value is -2.45. The largest absolute Gasteiger partial charge is 0.507 e. The van der Waals surface area contributed by atoms with Crippen LogP contribution >= 0.6 is 15.9 Å². The number of aliphatic hydroxyl groups excluding tert-OH is 1. The predicted octanol–water partition coefficient (Wildman–Crippen LogP) is 2.65. The number of pyridine rings is 1. The molecule has 0 amide bonds. The van der Waals surface area contributed by atoms with Crippen molar-refractivity contribution in [3.8, 4) is 11.6 Å². The zero-order valence-electron chi connectivity index (χ0n) is 13.5. The van der Waals surface area contributed by atoms with Gasteiger partial charge in [-0.05, 0) is 40.2 Å². The lowest BCUT2D eigenvalue weighted by molar-refractivity contribution is 0.0599. The molecule has 2 aromatic rings. The summed E-state index contributed by atoms with van der Waals surface area (Å²) in [6.07, 6.45) is -1.50. The minimum atomic E-state index is -1.20. The normalized spacial score (nSPS) is 11.7. The molecule has 0 aliphatic heterocycles. The average molecular weight is 410 g/mol. The smallest absolute Gasteiger partial charge is 0.337 e. The van der Waals surface area contributed by atoms with Gasteiger partial charge in [0.25, 0.3) is 0 Å². The molecule has 1 aromatic heterocycles. The molecule has 1 heterocycles. The number of hydrogen-bond acceptors (Lipinski definition) is 7. The lowest BCUT2D eigenvalue weighted by Crippen LogP contribution is -2.10. The Morgan fingerprint density at radius 2 is 1.96 bits per heavy atom. The van der Waals surface area contributed by atoms with Crippen molar-refractivity contribution in [2.24, 2.45) is 0 Å². The Bertz CT molecular complexity index is 808. The number of benzene rings is 1. The summed E-state index contributed by atoms with van der Waals surface area (Å²) in [4.78, 5) is 27.9. The molecule has 0 fully saturated rings. The van der Waals surface area contributed by atoms with E-state index in [2.05, 4.69) is 25.7 Å². The molecule has 8 heteroatoms. The molecule has 0 aliphatic rings. The van der Waals surface area contributed by atoms with E-state index in [0.717, 1.165) is 6.07 Å². The second-order valence-electron chi connectivity index (χ2n) is 5.09. The van der Waals surface area contributed by atoms with Crippen LogP contribution in [0.15, 0.2) is 34.8 Å². The van der Waals surface area contributed by atoms with Crippen molar-refractivity contribution in [1.29, 1.82) is 0 Å². The Balaban J connectivity index is 2.20. The van der Waals surface area contributed by atoms with Crippen LogP contribution in [-0.4, -0.2) is 41.2 Å². The molecule has 0 saturated carbocycles. The summed E-state index contributed by atoms with van der Waals surface area (Å²) in [5.41, 5.74) is 0.360. The molecule has 0 spiro atoms. The number of rotatable bonds is 6. The number of phenols is 1. The van der Waals surface area contributed by atoms with Gasteiger partial charge in [-0.1, -0.05) is 0 Å². The van der Waals surface area contributed by atoms with E-state index in [1.165, 1.54) is 26.4 Å². The van der Waals surface area contributed by atoms with Crippen LogP contribution in [0.25, 0.3) is 0 Å². The molecule has 0 saturated heterocycles. The first kappa shape index (κ1) is 18.9. The van der Waals surface area contributed by atoms with Crippen molar-refractivity contribution in [1.82, 2.24) is 4.98 Å². The van der Waals surface area contributed by atoms with Gasteiger partial charge in [0.2, 0.25) is 5.88 Å². The first-order valence-electron chi connectivity index (χ1n) is 7.20. The van der Waals surface area contributed by atoms with Crippen LogP contribution in [0.4, 0.5) is 0 Å². The van der Waals surface area contributed by atoms with E-state index < -0.39 is 17.9 Å². The molecule has 25 heavy (non-hydrogen) atoms. The average Bonchev–Trinajstić information content (AvgIpc) is 2.60. The van der Waals surface area contributed by atoms with Crippen LogP contribution in [0, 0.1) is 0 Å². The molecule has 132 valence electrons. The van der Waals surface area contributed by atoms with Crippen molar-refractivity contribution in [3.05, 3.63) is 51.6 Å². The molecular formula is C17H16BrNO6. The number of ketones is 1. The SMILES string of the molecule is COC(=O)c1ccc(C(=O)CC(O)c2nc(OC)ccc2Br)c(O)c1. The number of Topliss-reactive ketones (excluding diaryl/α,β-unsaturated/α-hetero) is 1. The zero-order chi connectivity index (χ0) is 18.6. The summed E-state index contributed by atoms with van der Waals surface area (Å²) in [6, 6.07) is 7.08. The fourth-order valence-corrected chi connectivity index (χ4v) is 2.67. The van der Waals surface area contributed by atoms with Crippen LogP contribution in [0.1, 0.15) is 38.9 Å². The van der Waals surface area contributed by atoms with Gasteiger partial charge < -0.3 is 19.7 Å². The minimum Gasteiger partial charge on any atom is -0.507 e. The summed E-state index contributed by atoms with van der Waals surface area (Å²) < 4.78 is 10.1. The summed E-state index contributed by atoms with van der Waals surface area (Å²) in [5.74, 6) is -1.19. The number of nitrogens with zero attached hydrogens (tertiary/aromatic N) is 1. The molecule has 0 aliphatic carbocycles. The number of phenolic OH excluding ortho intramolecular Hbond substituents is 1. The van der Waals surface area contributed by atoms with Crippen molar-refractivity contribution in [2.75, 3.05) is 14.2 Å². The van der Waals surface area contributed by atoms with Crippen molar-refractivity contribution in [2.45, 2.75) is 12.5 Å². The topological polar surface area (TPSA) is 106 Å². The number of ether oxygens (including phenoxy) is 2. The molecule has 1 atom stereocenters. The summed E-state index contributed by atoms with van der Waals surface area (Å²) >= 11 is 3.26. The number of methoxy groups -OCH3 is 2. The number of carbonyl (C=O) groups excluding carboxylic acids is 2. The van der Waals surface area contributed by atoms with Gasteiger partial charge in [-0.3, -0.25) is 4.79 Å². The van der Waals surface area contributed by atoms with Crippen molar-refractivity contribution in [3.63, 3.8) is 0 Å². The minimum absolute atomic E-state index is 0.00859. The van der Waals surface area contributed by atoms with Crippen molar-refractivity contribution < 1.29 is 29.3 Å². The number of carbonyl (C=O) groups is 2. The van der Waals surface area contributed by atoms with Crippen LogP contribution in [0.2, 0.25) is 0 Å². The lowest BCUT2D eigenvalue weighted by atomic mass is 10.0. The van der Waals surface area contributed by atoms with E-state index in [-0.39, 0.29) is 29.0 Å². The monoisotopic (exact) mass is 409 g/mol. The fourth-order valence-electron chi connectivity index (χ4n) is 2.18. The second kappa shape index (κ2) is 8.09. The van der Waals surface area contributed by atoms with E-state index >= 15 is 0 Å². The maximum atomic E-state index is 12.4. The van der Waals surface area contributed by atoms with Gasteiger partial charge in [-0.15, -0.1) is 0 Å². The van der Waals surface area contributed by atoms with E-state index in [0.29, 0.717) is 10.4 Å². The number of aromatic hydroxyl groups is 1. The van der Waals surface area contributed by atoms with E-state index in [1.54, 1.807) is 12.1 Å². The molecule has 2 rings (SSSR count). The number of hydrogen-bond donors (Lipinski definition) is 2. The number of halogens is 1. The van der Waals surface area contributed by atoms with Gasteiger partial charge in [0.1, 0.15) is 11.9 Å². The van der Waals surface area contributed by atoms with E-state index in [9.17, 15) is 19.8 Å². The quantitative estimate of drug-likeness (QED) is 0.557. The third-order valence-corrected chi connectivity index (χ3v) is 4.14. The van der Waals surface area contributed by atoms with E-state index in [4.69, 9.17) is 4.74 Å². The van der Waals surface area contributed by atoms with Crippen LogP contribution in [0.3, 0.4) is 0 Å². The zero-order valence-corrected chi connectivity index (χ0v) is 15.1. The van der Waals surface area contributed by atoms with Crippen LogP contribution in [0.5, 0.6) is 11.6 Å². The van der Waals surface area contributed by atoms with Crippen molar-refractivity contribution >= 4 is 27.7 Å². The number of esters is 1. The fraction of sp³-hybridized carbons (Fsp3) is 0.235. The van der Waals surface area contributed by atoms with Gasteiger partial charge in [-0.2, -0.15) is 0 Å². The Morgan fingerprint density at radius 1 is 1.24 bits per heavy atom. The lowest BCUT2D eigenvalue weighted by Gasteiger charge is -2.13. The number of aliphatic hydroxyl groups is 1. The standard InChI is InChI=1S/C17H16BrNO6/c1-24-15-6-5-11(18)16(19-15)14(22)8-13(21)10-4-3-9(7-12(10)20)17(23)25-2/h3-7,14,20,22H,8H2,1-2H3. The molecule has 0 radical (unpaired) electrons. The van der Waals surface area contributed by atoms with Crippen LogP contribution < -0.4 is 4.74 Å². The maximum absolute atomic E-state index is 12.4. The molecular weight excluding hydrogens is 394 g/mol.